The fraction of sp³-hybridized carbons (Fsp3) is 0.353. The number of fused-ring (bicyclic) bond motifs is 1. The first-order chi connectivity index (χ1) is 12.0. The number of non-ortho nitro benzene ring substituents is 1. The number of hydrogen-bond donors (Lipinski definition) is 0. The van der Waals surface area contributed by atoms with E-state index in [1.54, 1.807) is 0 Å². The van der Waals surface area contributed by atoms with Crippen LogP contribution in [0, 0.1) is 33.8 Å². The molecule has 2 bridgehead atoms. The molecule has 1 aromatic rings. The monoisotopic (exact) mass is 340 g/mol. The molecule has 0 radical (unpaired) electrons. The van der Waals surface area contributed by atoms with Crippen molar-refractivity contribution in [2.24, 2.45) is 28.8 Å². The van der Waals surface area contributed by atoms with Gasteiger partial charge in [0, 0.05) is 12.1 Å². The number of nitro groups is 1. The molecule has 8 nitrogen and oxygen atoms in total. The summed E-state index contributed by atoms with van der Waals surface area (Å²) in [6, 6.07) is 3.25. The highest BCUT2D eigenvalue weighted by Crippen LogP contribution is 2.49. The highest BCUT2D eigenvalue weighted by atomic mass is 16.6. The lowest BCUT2D eigenvalue weighted by atomic mass is 9.63. The summed E-state index contributed by atoms with van der Waals surface area (Å²) in [5.41, 5.74) is -0.290. The summed E-state index contributed by atoms with van der Waals surface area (Å²) in [6.07, 6.45) is 6.83. The Bertz CT molecular complexity index is 815. The Hall–Kier alpha value is -3.03. The largest absolute Gasteiger partial charge is 0.872 e. The van der Waals surface area contributed by atoms with E-state index in [1.165, 1.54) is 0 Å². The van der Waals surface area contributed by atoms with Crippen molar-refractivity contribution in [3.63, 3.8) is 0 Å². The number of imide groups is 1. The van der Waals surface area contributed by atoms with Crippen molar-refractivity contribution in [1.82, 2.24) is 5.01 Å². The summed E-state index contributed by atoms with van der Waals surface area (Å²) in [5, 5.41) is 27.3. The summed E-state index contributed by atoms with van der Waals surface area (Å²) in [7, 11) is 0. The molecule has 1 saturated heterocycles. The lowest BCUT2D eigenvalue weighted by molar-refractivity contribution is -0.385. The fourth-order valence-electron chi connectivity index (χ4n) is 4.04. The quantitative estimate of drug-likeness (QED) is 0.269. The van der Waals surface area contributed by atoms with Crippen molar-refractivity contribution in [3.05, 3.63) is 46.0 Å². The maximum absolute atomic E-state index is 12.6. The third kappa shape index (κ3) is 2.33. The zero-order valence-corrected chi connectivity index (χ0v) is 13.1. The van der Waals surface area contributed by atoms with E-state index in [0.29, 0.717) is 0 Å². The molecule has 1 heterocycles. The van der Waals surface area contributed by atoms with Gasteiger partial charge < -0.3 is 5.11 Å². The number of hydrazone groups is 1. The summed E-state index contributed by atoms with van der Waals surface area (Å²) in [6.45, 7) is 0. The van der Waals surface area contributed by atoms with Crippen LogP contribution in [-0.2, 0) is 9.59 Å². The number of carbonyl (C=O) groups excluding carboxylic acids is 2. The van der Waals surface area contributed by atoms with E-state index < -0.39 is 10.7 Å². The van der Waals surface area contributed by atoms with Gasteiger partial charge in [-0.25, -0.2) is 0 Å². The number of nitro benzene ring substituents is 1. The van der Waals surface area contributed by atoms with E-state index in [2.05, 4.69) is 5.10 Å². The Balaban J connectivity index is 1.63. The first-order valence-corrected chi connectivity index (χ1v) is 8.03. The molecule has 128 valence electrons. The van der Waals surface area contributed by atoms with Gasteiger partial charge >= 0.3 is 0 Å². The highest BCUT2D eigenvalue weighted by Gasteiger charge is 2.56. The maximum atomic E-state index is 12.6. The molecule has 3 aliphatic carbocycles. The molecule has 25 heavy (non-hydrogen) atoms. The highest BCUT2D eigenvalue weighted by molar-refractivity contribution is 6.06. The van der Waals surface area contributed by atoms with Gasteiger partial charge in [-0.2, -0.15) is 10.1 Å². The molecule has 2 fully saturated rings. The molecule has 8 heteroatoms. The van der Waals surface area contributed by atoms with Crippen LogP contribution in [0.1, 0.15) is 18.4 Å². The van der Waals surface area contributed by atoms with Crippen molar-refractivity contribution in [2.45, 2.75) is 12.8 Å². The smallest absolute Gasteiger partial charge is 0.270 e. The van der Waals surface area contributed by atoms with Crippen LogP contribution in [0.15, 0.2) is 35.5 Å². The van der Waals surface area contributed by atoms with Crippen molar-refractivity contribution in [2.75, 3.05) is 0 Å². The van der Waals surface area contributed by atoms with Crippen molar-refractivity contribution < 1.29 is 19.6 Å². The van der Waals surface area contributed by atoms with Crippen LogP contribution in [0.5, 0.6) is 5.75 Å². The van der Waals surface area contributed by atoms with Crippen molar-refractivity contribution >= 4 is 23.7 Å². The summed E-state index contributed by atoms with van der Waals surface area (Å²) in [5.74, 6) is -1.84. The third-order valence-electron chi connectivity index (χ3n) is 5.25. The molecule has 0 unspecified atom stereocenters. The molecular weight excluding hydrogens is 326 g/mol. The Labute approximate surface area is 142 Å². The normalized spacial score (nSPS) is 30.3. The molecular formula is C17H14N3O5-. The first-order valence-electron chi connectivity index (χ1n) is 8.03. The molecule has 5 rings (SSSR count). The first kappa shape index (κ1) is 15.5. The molecule has 4 atom stereocenters. The van der Waals surface area contributed by atoms with E-state index in [9.17, 15) is 24.8 Å². The number of carbonyl (C=O) groups is 2. The number of amides is 2. The molecule has 0 spiro atoms. The molecule has 0 aromatic heterocycles. The topological polar surface area (TPSA) is 116 Å². The molecule has 0 N–H and O–H groups in total. The predicted octanol–water partition coefficient (Wildman–Crippen LogP) is 1.20. The van der Waals surface area contributed by atoms with Crippen LogP contribution in [-0.4, -0.2) is 28.0 Å². The Morgan fingerprint density at radius 3 is 2.24 bits per heavy atom. The van der Waals surface area contributed by atoms with Gasteiger partial charge in [-0.15, -0.1) is 0 Å². The number of rotatable bonds is 3. The van der Waals surface area contributed by atoms with Crippen molar-refractivity contribution in [1.29, 1.82) is 0 Å². The van der Waals surface area contributed by atoms with Gasteiger partial charge in [0.05, 0.1) is 23.0 Å². The van der Waals surface area contributed by atoms with Crippen LogP contribution in [0.3, 0.4) is 0 Å². The average Bonchev–Trinajstić information content (AvgIpc) is 2.88. The summed E-state index contributed by atoms with van der Waals surface area (Å²) in [4.78, 5) is 35.4. The van der Waals surface area contributed by atoms with Crippen molar-refractivity contribution in [3.8, 4) is 5.75 Å². The lowest BCUT2D eigenvalue weighted by Crippen LogP contribution is -2.38. The van der Waals surface area contributed by atoms with Gasteiger partial charge in [-0.05, 0) is 30.2 Å². The second-order valence-electron chi connectivity index (χ2n) is 6.55. The minimum absolute atomic E-state index is 0.0363. The van der Waals surface area contributed by atoms with Crippen LogP contribution < -0.4 is 5.11 Å². The van der Waals surface area contributed by atoms with E-state index >= 15 is 0 Å². The van der Waals surface area contributed by atoms with E-state index in [4.69, 9.17) is 0 Å². The van der Waals surface area contributed by atoms with Gasteiger partial charge in [0.15, 0.2) is 0 Å². The lowest BCUT2D eigenvalue weighted by Gasteiger charge is -2.37. The Morgan fingerprint density at radius 1 is 1.12 bits per heavy atom. The third-order valence-corrected chi connectivity index (χ3v) is 5.25. The number of benzene rings is 1. The van der Waals surface area contributed by atoms with E-state index in [0.717, 1.165) is 42.3 Å². The minimum Gasteiger partial charge on any atom is -0.872 e. The second kappa shape index (κ2) is 5.51. The number of hydrogen-bond acceptors (Lipinski definition) is 6. The second-order valence-corrected chi connectivity index (χ2v) is 6.55. The maximum Gasteiger partial charge on any atom is 0.270 e. The molecule has 4 aliphatic rings. The standard InChI is InChI=1S/C17H15N3O5/c21-13-6-5-12(20(24)25)7-11(13)8-18-19-16(22)14-9-1-2-10(4-3-9)15(14)17(19)23/h1-2,5-10,14-15,21H,3-4H2/p-1/b18-8-/t9-,10-,14-,15+/m0/s1. The number of allylic oxidation sites excluding steroid dienone is 2. The van der Waals surface area contributed by atoms with Gasteiger partial charge in [-0.1, -0.05) is 24.0 Å². The molecule has 1 aromatic carbocycles. The SMILES string of the molecule is O=C1[C@@H]2[C@H](C(=O)N1/N=C\c1cc([N+](=O)[O-])ccc1[O-])[C@H]1C=C[C@H]2CC1. The van der Waals surface area contributed by atoms with Gasteiger partial charge in [0.1, 0.15) is 0 Å². The zero-order chi connectivity index (χ0) is 17.7. The van der Waals surface area contributed by atoms with Crippen LogP contribution in [0.4, 0.5) is 5.69 Å². The molecule has 1 aliphatic heterocycles. The minimum atomic E-state index is -0.624. The molecule has 2 amide bonds. The predicted molar refractivity (Wildman–Crippen MR) is 84.3 cm³/mol. The average molecular weight is 340 g/mol. The van der Waals surface area contributed by atoms with Crippen LogP contribution >= 0.6 is 0 Å². The van der Waals surface area contributed by atoms with Gasteiger partial charge in [-0.3, -0.25) is 19.7 Å². The Morgan fingerprint density at radius 2 is 1.72 bits per heavy atom. The van der Waals surface area contributed by atoms with E-state index in [1.807, 2.05) is 12.2 Å². The fourth-order valence-corrected chi connectivity index (χ4v) is 4.04. The van der Waals surface area contributed by atoms with Crippen LogP contribution in [0.25, 0.3) is 0 Å². The zero-order valence-electron chi connectivity index (χ0n) is 13.1. The number of nitrogens with zero attached hydrogens (tertiary/aromatic N) is 3. The van der Waals surface area contributed by atoms with Crippen LogP contribution in [0.2, 0.25) is 0 Å². The summed E-state index contributed by atoms with van der Waals surface area (Å²) < 4.78 is 0. The Kier molecular flexibility index (Phi) is 3.41. The van der Waals surface area contributed by atoms with E-state index in [-0.39, 0.29) is 46.7 Å². The summed E-state index contributed by atoms with van der Waals surface area (Å²) >= 11 is 0. The van der Waals surface area contributed by atoms with Gasteiger partial charge in [0.25, 0.3) is 17.5 Å². The van der Waals surface area contributed by atoms with Gasteiger partial charge in [0.2, 0.25) is 0 Å². The molecule has 1 saturated carbocycles.